The number of fused-ring (bicyclic) bond motifs is 2. The average molecular weight is 309 g/mol. The van der Waals surface area contributed by atoms with Gasteiger partial charge in [-0.2, -0.15) is 0 Å². The minimum atomic E-state index is 0.968. The van der Waals surface area contributed by atoms with Gasteiger partial charge in [0.15, 0.2) is 5.13 Å². The van der Waals surface area contributed by atoms with Gasteiger partial charge in [-0.3, -0.25) is 4.98 Å². The van der Waals surface area contributed by atoms with E-state index in [1.54, 1.807) is 11.3 Å². The number of pyridine rings is 1. The van der Waals surface area contributed by atoms with Crippen LogP contribution in [0.4, 0.5) is 5.13 Å². The molecule has 112 valence electrons. The van der Waals surface area contributed by atoms with E-state index in [1.807, 2.05) is 7.05 Å². The lowest BCUT2D eigenvalue weighted by Gasteiger charge is -2.13. The van der Waals surface area contributed by atoms with Gasteiger partial charge >= 0.3 is 0 Å². The van der Waals surface area contributed by atoms with E-state index in [2.05, 4.69) is 36.7 Å². The second-order valence-corrected chi connectivity index (χ2v) is 6.82. The highest BCUT2D eigenvalue weighted by Crippen LogP contribution is 2.39. The smallest absolute Gasteiger partial charge is 0.182 e. The molecule has 22 heavy (non-hydrogen) atoms. The van der Waals surface area contributed by atoms with Gasteiger partial charge in [0.2, 0.25) is 0 Å². The summed E-state index contributed by atoms with van der Waals surface area (Å²) in [5.41, 5.74) is 8.81. The van der Waals surface area contributed by atoms with Crippen LogP contribution in [0.25, 0.3) is 22.2 Å². The average Bonchev–Trinajstić information content (AvgIpc) is 3.17. The number of aromatic nitrogens is 2. The third-order valence-corrected chi connectivity index (χ3v) is 5.54. The second-order valence-electron chi connectivity index (χ2n) is 5.96. The molecule has 0 unspecified atom stereocenters. The van der Waals surface area contributed by atoms with Crippen molar-refractivity contribution in [1.82, 2.24) is 9.97 Å². The Hall–Kier alpha value is -1.94. The molecule has 1 aliphatic rings. The zero-order chi connectivity index (χ0) is 15.3. The van der Waals surface area contributed by atoms with E-state index in [1.165, 1.54) is 39.8 Å². The van der Waals surface area contributed by atoms with Crippen LogP contribution in [0.5, 0.6) is 0 Å². The predicted molar refractivity (Wildman–Crippen MR) is 93.9 cm³/mol. The van der Waals surface area contributed by atoms with Crippen LogP contribution in [0.15, 0.2) is 17.5 Å². The number of aryl methyl sites for hydroxylation is 3. The molecule has 0 spiro atoms. The number of hydrogen-bond acceptors (Lipinski definition) is 4. The normalized spacial score (nSPS) is 13.6. The molecular formula is C18H19N3S. The van der Waals surface area contributed by atoms with Crippen LogP contribution >= 0.6 is 11.3 Å². The van der Waals surface area contributed by atoms with E-state index >= 15 is 0 Å². The molecule has 0 aliphatic heterocycles. The molecule has 0 amide bonds. The number of hydrogen-bond donors (Lipinski definition) is 1. The van der Waals surface area contributed by atoms with Crippen molar-refractivity contribution >= 4 is 27.4 Å². The first-order chi connectivity index (χ1) is 10.7. The standard InChI is InChI=1S/C18H19N3S/c1-10-7-8-13-16(15-9-22-18(19-3)21-15)12-5-4-6-14(12)20-17(13)11(10)2/h7-9H,4-6H2,1-3H3,(H,19,21). The summed E-state index contributed by atoms with van der Waals surface area (Å²) in [6.45, 7) is 4.33. The Morgan fingerprint density at radius 1 is 1.14 bits per heavy atom. The lowest BCUT2D eigenvalue weighted by Crippen LogP contribution is -1.98. The Morgan fingerprint density at radius 3 is 2.77 bits per heavy atom. The summed E-state index contributed by atoms with van der Waals surface area (Å²) in [5, 5.41) is 7.52. The molecule has 3 aromatic rings. The van der Waals surface area contributed by atoms with Crippen molar-refractivity contribution in [3.05, 3.63) is 39.9 Å². The summed E-state index contributed by atoms with van der Waals surface area (Å²) in [5.74, 6) is 0. The van der Waals surface area contributed by atoms with Crippen molar-refractivity contribution in [3.8, 4) is 11.3 Å². The van der Waals surface area contributed by atoms with Crippen molar-refractivity contribution in [2.75, 3.05) is 12.4 Å². The summed E-state index contributed by atoms with van der Waals surface area (Å²) < 4.78 is 0. The Morgan fingerprint density at radius 2 is 2.00 bits per heavy atom. The predicted octanol–water partition coefficient (Wildman–Crippen LogP) is 4.51. The molecule has 2 heterocycles. The van der Waals surface area contributed by atoms with Crippen LogP contribution in [0, 0.1) is 13.8 Å². The summed E-state index contributed by atoms with van der Waals surface area (Å²) >= 11 is 1.66. The Kier molecular flexibility index (Phi) is 3.15. The van der Waals surface area contributed by atoms with Gasteiger partial charge in [0, 0.05) is 29.1 Å². The van der Waals surface area contributed by atoms with E-state index in [-0.39, 0.29) is 0 Å². The second kappa shape index (κ2) is 5.06. The third kappa shape index (κ3) is 1.94. The third-order valence-electron chi connectivity index (χ3n) is 4.68. The van der Waals surface area contributed by atoms with Crippen LogP contribution < -0.4 is 5.32 Å². The Balaban J connectivity index is 2.09. The van der Waals surface area contributed by atoms with E-state index in [0.29, 0.717) is 0 Å². The van der Waals surface area contributed by atoms with Crippen LogP contribution in [0.3, 0.4) is 0 Å². The molecule has 0 saturated carbocycles. The van der Waals surface area contributed by atoms with Crippen molar-refractivity contribution in [1.29, 1.82) is 0 Å². The fraction of sp³-hybridized carbons (Fsp3) is 0.333. The van der Waals surface area contributed by atoms with E-state index in [0.717, 1.165) is 29.2 Å². The monoisotopic (exact) mass is 309 g/mol. The quantitative estimate of drug-likeness (QED) is 0.757. The summed E-state index contributed by atoms with van der Waals surface area (Å²) in [4.78, 5) is 9.75. The number of nitrogens with one attached hydrogen (secondary N) is 1. The SMILES string of the molecule is CNc1nc(-c2c3c(nc4c(C)c(C)ccc24)CCC3)cs1. The molecule has 4 heteroatoms. The summed E-state index contributed by atoms with van der Waals surface area (Å²) in [7, 11) is 1.92. The molecule has 1 N–H and O–H groups in total. The highest BCUT2D eigenvalue weighted by atomic mass is 32.1. The highest BCUT2D eigenvalue weighted by molar-refractivity contribution is 7.14. The van der Waals surface area contributed by atoms with E-state index in [4.69, 9.17) is 9.97 Å². The minimum Gasteiger partial charge on any atom is -0.365 e. The first-order valence-corrected chi connectivity index (χ1v) is 8.62. The molecule has 0 fully saturated rings. The van der Waals surface area contributed by atoms with Gasteiger partial charge in [-0.05, 0) is 49.8 Å². The maximum Gasteiger partial charge on any atom is 0.182 e. The minimum absolute atomic E-state index is 0.968. The van der Waals surface area contributed by atoms with Crippen LogP contribution in [0.2, 0.25) is 0 Å². The Bertz CT molecular complexity index is 880. The molecular weight excluding hydrogens is 290 g/mol. The van der Waals surface area contributed by atoms with Gasteiger partial charge in [0.25, 0.3) is 0 Å². The van der Waals surface area contributed by atoms with E-state index in [9.17, 15) is 0 Å². The first-order valence-electron chi connectivity index (χ1n) is 7.74. The molecule has 2 aromatic heterocycles. The van der Waals surface area contributed by atoms with Crippen LogP contribution in [-0.4, -0.2) is 17.0 Å². The topological polar surface area (TPSA) is 37.8 Å². The van der Waals surface area contributed by atoms with Gasteiger partial charge < -0.3 is 5.32 Å². The molecule has 0 atom stereocenters. The largest absolute Gasteiger partial charge is 0.365 e. The number of benzene rings is 1. The number of nitrogens with zero attached hydrogens (tertiary/aromatic N) is 2. The molecule has 0 saturated heterocycles. The number of rotatable bonds is 2. The highest BCUT2D eigenvalue weighted by Gasteiger charge is 2.22. The zero-order valence-corrected chi connectivity index (χ0v) is 14.0. The van der Waals surface area contributed by atoms with Gasteiger partial charge in [-0.1, -0.05) is 12.1 Å². The molecule has 1 aromatic carbocycles. The molecule has 4 rings (SSSR count). The van der Waals surface area contributed by atoms with Crippen LogP contribution in [0.1, 0.15) is 28.8 Å². The number of anilines is 1. The Labute approximate surface area is 134 Å². The lowest BCUT2D eigenvalue weighted by atomic mass is 9.96. The van der Waals surface area contributed by atoms with Gasteiger partial charge in [-0.25, -0.2) is 4.98 Å². The fourth-order valence-electron chi connectivity index (χ4n) is 3.36. The van der Waals surface area contributed by atoms with E-state index < -0.39 is 0 Å². The van der Waals surface area contributed by atoms with Crippen molar-refractivity contribution in [2.45, 2.75) is 33.1 Å². The fourth-order valence-corrected chi connectivity index (χ4v) is 4.02. The van der Waals surface area contributed by atoms with Crippen molar-refractivity contribution in [2.24, 2.45) is 0 Å². The van der Waals surface area contributed by atoms with Gasteiger partial charge in [0.05, 0.1) is 11.2 Å². The number of thiazole rings is 1. The first kappa shape index (κ1) is 13.7. The van der Waals surface area contributed by atoms with Crippen LogP contribution in [-0.2, 0) is 12.8 Å². The maximum atomic E-state index is 4.99. The molecule has 3 nitrogen and oxygen atoms in total. The maximum absolute atomic E-state index is 4.99. The molecule has 0 radical (unpaired) electrons. The van der Waals surface area contributed by atoms with Gasteiger partial charge in [-0.15, -0.1) is 11.3 Å². The summed E-state index contributed by atoms with van der Waals surface area (Å²) in [6, 6.07) is 4.42. The summed E-state index contributed by atoms with van der Waals surface area (Å²) in [6.07, 6.45) is 3.41. The molecule has 1 aliphatic carbocycles. The van der Waals surface area contributed by atoms with Gasteiger partial charge in [0.1, 0.15) is 0 Å². The zero-order valence-electron chi connectivity index (χ0n) is 13.2. The van der Waals surface area contributed by atoms with Crippen molar-refractivity contribution in [3.63, 3.8) is 0 Å². The van der Waals surface area contributed by atoms with Crippen molar-refractivity contribution < 1.29 is 0 Å². The molecule has 0 bridgehead atoms. The lowest BCUT2D eigenvalue weighted by molar-refractivity contribution is 0.901.